The maximum Gasteiger partial charge on any atom is 0.256 e. The molecular formula is C20H18ClN3O3S. The summed E-state index contributed by atoms with van der Waals surface area (Å²) < 4.78 is 25.5. The molecule has 0 saturated heterocycles. The molecule has 0 spiro atoms. The Kier molecular flexibility index (Phi) is 4.72. The molecule has 144 valence electrons. The molecule has 0 atom stereocenters. The van der Waals surface area contributed by atoms with Crippen LogP contribution < -0.4 is 5.32 Å². The first-order valence-electron chi connectivity index (χ1n) is 8.82. The normalized spacial score (nSPS) is 13.4. The smallest absolute Gasteiger partial charge is 0.256 e. The lowest BCUT2D eigenvalue weighted by atomic mass is 10.2. The molecule has 0 radical (unpaired) electrons. The van der Waals surface area contributed by atoms with Crippen molar-refractivity contribution in [3.8, 4) is 5.69 Å². The molecule has 6 nitrogen and oxygen atoms in total. The quantitative estimate of drug-likeness (QED) is 0.704. The molecule has 28 heavy (non-hydrogen) atoms. The molecule has 1 aliphatic carbocycles. The second kappa shape index (κ2) is 7.07. The first-order valence-corrected chi connectivity index (χ1v) is 11.1. The van der Waals surface area contributed by atoms with Crippen molar-refractivity contribution in [2.45, 2.75) is 24.2 Å². The van der Waals surface area contributed by atoms with Crippen LogP contribution in [0.15, 0.2) is 53.4 Å². The molecule has 0 unspecified atom stereocenters. The number of anilines is 1. The third-order valence-electron chi connectivity index (χ3n) is 4.73. The van der Waals surface area contributed by atoms with Gasteiger partial charge in [-0.05, 0) is 49.6 Å². The lowest BCUT2D eigenvalue weighted by Gasteiger charge is -2.12. The molecule has 2 aromatic carbocycles. The van der Waals surface area contributed by atoms with E-state index in [1.807, 2.05) is 30.3 Å². The number of fused-ring (bicyclic) bond motifs is 1. The van der Waals surface area contributed by atoms with Crippen molar-refractivity contribution in [1.82, 2.24) is 9.78 Å². The Morgan fingerprint density at radius 3 is 2.61 bits per heavy atom. The molecule has 8 heteroatoms. The monoisotopic (exact) mass is 415 g/mol. The average molecular weight is 416 g/mol. The highest BCUT2D eigenvalue weighted by atomic mass is 35.5. The van der Waals surface area contributed by atoms with E-state index in [1.165, 1.54) is 18.2 Å². The molecule has 1 heterocycles. The molecule has 1 amide bonds. The van der Waals surface area contributed by atoms with Gasteiger partial charge in [-0.3, -0.25) is 4.79 Å². The number of nitrogens with zero attached hydrogens (tertiary/aromatic N) is 2. The van der Waals surface area contributed by atoms with Gasteiger partial charge >= 0.3 is 0 Å². The van der Waals surface area contributed by atoms with Gasteiger partial charge in [0.25, 0.3) is 5.91 Å². The molecule has 0 fully saturated rings. The van der Waals surface area contributed by atoms with E-state index >= 15 is 0 Å². The minimum absolute atomic E-state index is 0.0661. The van der Waals surface area contributed by atoms with E-state index < -0.39 is 15.7 Å². The van der Waals surface area contributed by atoms with Crippen LogP contribution in [0.25, 0.3) is 5.69 Å². The summed E-state index contributed by atoms with van der Waals surface area (Å²) in [5.74, 6) is 0.216. The lowest BCUT2D eigenvalue weighted by molar-refractivity contribution is 0.102. The van der Waals surface area contributed by atoms with Crippen molar-refractivity contribution in [3.05, 3.63) is 70.4 Å². The molecule has 1 N–H and O–H groups in total. The average Bonchev–Trinajstić information content (AvgIpc) is 3.24. The van der Waals surface area contributed by atoms with Crippen molar-refractivity contribution in [3.63, 3.8) is 0 Å². The van der Waals surface area contributed by atoms with Crippen molar-refractivity contribution < 1.29 is 13.2 Å². The number of nitrogens with one attached hydrogen (secondary N) is 1. The second-order valence-electron chi connectivity index (χ2n) is 6.75. The van der Waals surface area contributed by atoms with Crippen LogP contribution in [0.4, 0.5) is 5.82 Å². The van der Waals surface area contributed by atoms with Crippen LogP contribution in [0.1, 0.15) is 28.0 Å². The van der Waals surface area contributed by atoms with Gasteiger partial charge in [-0.2, -0.15) is 5.10 Å². The number of aryl methyl sites for hydroxylation is 1. The predicted molar refractivity (Wildman–Crippen MR) is 108 cm³/mol. The van der Waals surface area contributed by atoms with E-state index in [4.69, 9.17) is 11.6 Å². The zero-order chi connectivity index (χ0) is 19.9. The van der Waals surface area contributed by atoms with Crippen LogP contribution >= 0.6 is 11.6 Å². The number of aromatic nitrogens is 2. The van der Waals surface area contributed by atoms with E-state index in [0.717, 1.165) is 42.5 Å². The van der Waals surface area contributed by atoms with Crippen LogP contribution in [0, 0.1) is 0 Å². The molecule has 0 saturated carbocycles. The maximum absolute atomic E-state index is 12.9. The van der Waals surface area contributed by atoms with E-state index in [9.17, 15) is 13.2 Å². The largest absolute Gasteiger partial charge is 0.306 e. The van der Waals surface area contributed by atoms with Gasteiger partial charge in [0.2, 0.25) is 0 Å². The minimum Gasteiger partial charge on any atom is -0.306 e. The van der Waals surface area contributed by atoms with E-state index in [0.29, 0.717) is 5.82 Å². The van der Waals surface area contributed by atoms with Gasteiger partial charge in [-0.1, -0.05) is 29.8 Å². The number of amides is 1. The van der Waals surface area contributed by atoms with E-state index in [2.05, 4.69) is 10.4 Å². The molecule has 0 aliphatic heterocycles. The first kappa shape index (κ1) is 18.7. The Labute approximate surface area is 168 Å². The maximum atomic E-state index is 12.9. The summed E-state index contributed by atoms with van der Waals surface area (Å²) in [5.41, 5.74) is 3.07. The highest BCUT2D eigenvalue weighted by Crippen LogP contribution is 2.31. The number of para-hydroxylation sites is 1. The van der Waals surface area contributed by atoms with Gasteiger partial charge in [0.1, 0.15) is 5.82 Å². The van der Waals surface area contributed by atoms with Crippen LogP contribution in [0.5, 0.6) is 0 Å². The third kappa shape index (κ3) is 3.43. The fraction of sp³-hybridized carbons (Fsp3) is 0.200. The summed E-state index contributed by atoms with van der Waals surface area (Å²) in [6.07, 6.45) is 3.77. The van der Waals surface area contributed by atoms with Crippen molar-refractivity contribution in [1.29, 1.82) is 0 Å². The van der Waals surface area contributed by atoms with Gasteiger partial charge in [-0.15, -0.1) is 0 Å². The molecular weight excluding hydrogens is 398 g/mol. The van der Waals surface area contributed by atoms with Crippen LogP contribution in [0.3, 0.4) is 0 Å². The third-order valence-corrected chi connectivity index (χ3v) is 6.31. The van der Waals surface area contributed by atoms with E-state index in [1.54, 1.807) is 4.68 Å². The fourth-order valence-electron chi connectivity index (χ4n) is 3.38. The Hall–Kier alpha value is -2.64. The topological polar surface area (TPSA) is 81.1 Å². The number of carbonyl (C=O) groups excluding carboxylic acids is 1. The van der Waals surface area contributed by atoms with Gasteiger partial charge in [-0.25, -0.2) is 13.1 Å². The van der Waals surface area contributed by atoms with Gasteiger partial charge in [0.15, 0.2) is 9.84 Å². The summed E-state index contributed by atoms with van der Waals surface area (Å²) in [7, 11) is -3.54. The Balaban J connectivity index is 1.73. The number of hydrogen-bond acceptors (Lipinski definition) is 4. The highest BCUT2D eigenvalue weighted by Gasteiger charge is 2.25. The number of rotatable bonds is 4. The van der Waals surface area contributed by atoms with Crippen molar-refractivity contribution in [2.75, 3.05) is 11.6 Å². The van der Waals surface area contributed by atoms with Crippen molar-refractivity contribution >= 4 is 33.2 Å². The zero-order valence-electron chi connectivity index (χ0n) is 15.1. The van der Waals surface area contributed by atoms with Gasteiger partial charge in [0, 0.05) is 17.4 Å². The second-order valence-corrected chi connectivity index (χ2v) is 9.14. The van der Waals surface area contributed by atoms with Crippen LogP contribution in [-0.2, 0) is 22.7 Å². The Morgan fingerprint density at radius 1 is 1.14 bits per heavy atom. The van der Waals surface area contributed by atoms with Gasteiger partial charge in [0.05, 0.1) is 21.3 Å². The number of carbonyl (C=O) groups is 1. The van der Waals surface area contributed by atoms with Gasteiger partial charge < -0.3 is 5.32 Å². The SMILES string of the molecule is CS(=O)(=O)c1cc(C(=O)Nc2c3c(nn2-c2ccccc2)CCC3)ccc1Cl. The summed E-state index contributed by atoms with van der Waals surface area (Å²) in [5, 5.41) is 7.68. The Bertz CT molecular complexity index is 1170. The van der Waals surface area contributed by atoms with E-state index in [-0.39, 0.29) is 15.5 Å². The molecule has 1 aromatic heterocycles. The highest BCUT2D eigenvalue weighted by molar-refractivity contribution is 7.90. The summed E-state index contributed by atoms with van der Waals surface area (Å²) in [6.45, 7) is 0. The van der Waals surface area contributed by atoms with Crippen LogP contribution in [-0.4, -0.2) is 30.4 Å². The summed E-state index contributed by atoms with van der Waals surface area (Å²) >= 11 is 5.99. The fourth-order valence-corrected chi connectivity index (χ4v) is 4.69. The number of hydrogen-bond donors (Lipinski definition) is 1. The minimum atomic E-state index is -3.54. The first-order chi connectivity index (χ1) is 13.3. The lowest BCUT2D eigenvalue weighted by Crippen LogP contribution is -2.17. The van der Waals surface area contributed by atoms with Crippen molar-refractivity contribution in [2.24, 2.45) is 0 Å². The number of halogens is 1. The molecule has 0 bridgehead atoms. The Morgan fingerprint density at radius 2 is 1.89 bits per heavy atom. The standard InChI is InChI=1S/C20H18ClN3O3S/c1-28(26,27)18-12-13(10-11-16(18)21)20(25)22-19-15-8-5-9-17(15)23-24(19)14-6-3-2-4-7-14/h2-4,6-7,10-12H,5,8-9H2,1H3,(H,22,25). The summed E-state index contributed by atoms with van der Waals surface area (Å²) in [6, 6.07) is 13.8. The predicted octanol–water partition coefficient (Wildman–Crippen LogP) is 3.67. The molecule has 1 aliphatic rings. The molecule has 3 aromatic rings. The number of benzene rings is 2. The number of sulfone groups is 1. The van der Waals surface area contributed by atoms with Crippen LogP contribution in [0.2, 0.25) is 5.02 Å². The zero-order valence-corrected chi connectivity index (χ0v) is 16.7. The molecule has 4 rings (SSSR count). The summed E-state index contributed by atoms with van der Waals surface area (Å²) in [4.78, 5) is 12.8.